The highest BCUT2D eigenvalue weighted by molar-refractivity contribution is 5.80. The molecule has 4 atom stereocenters. The lowest BCUT2D eigenvalue weighted by Crippen LogP contribution is -2.60. The summed E-state index contributed by atoms with van der Waals surface area (Å²) < 4.78 is 5.63. The van der Waals surface area contributed by atoms with Gasteiger partial charge in [0.25, 0.3) is 0 Å². The van der Waals surface area contributed by atoms with Gasteiger partial charge in [-0.25, -0.2) is 0 Å². The summed E-state index contributed by atoms with van der Waals surface area (Å²) in [4.78, 5) is 18.4. The van der Waals surface area contributed by atoms with Crippen LogP contribution >= 0.6 is 0 Å². The van der Waals surface area contributed by atoms with Gasteiger partial charge in [0.2, 0.25) is 5.91 Å². The van der Waals surface area contributed by atoms with Crippen molar-refractivity contribution in [1.82, 2.24) is 9.80 Å². The van der Waals surface area contributed by atoms with Crippen molar-refractivity contribution >= 4 is 5.91 Å². The third-order valence-electron chi connectivity index (χ3n) is 8.09. The molecule has 0 N–H and O–H groups in total. The van der Waals surface area contributed by atoms with Crippen molar-refractivity contribution in [3.8, 4) is 5.75 Å². The van der Waals surface area contributed by atoms with E-state index in [4.69, 9.17) is 4.74 Å². The Morgan fingerprint density at radius 2 is 2.10 bits per heavy atom. The Hall–Kier alpha value is -1.81. The van der Waals surface area contributed by atoms with E-state index in [9.17, 15) is 4.79 Å². The topological polar surface area (TPSA) is 32.8 Å². The number of nitrogens with zero attached hydrogens (tertiary/aromatic N) is 2. The Bertz CT molecular complexity index is 847. The molecule has 4 aliphatic heterocycles. The predicted octanol–water partition coefficient (Wildman–Crippen LogP) is 3.59. The molecule has 1 aliphatic carbocycles. The first kappa shape index (κ1) is 18.0. The van der Waals surface area contributed by atoms with E-state index in [0.717, 1.165) is 49.3 Å². The molecule has 3 saturated heterocycles. The monoisotopic (exact) mass is 392 g/mol. The molecule has 2 unspecified atom stereocenters. The van der Waals surface area contributed by atoms with E-state index in [1.807, 2.05) is 0 Å². The van der Waals surface area contributed by atoms with Crippen molar-refractivity contribution in [1.29, 1.82) is 0 Å². The molecule has 4 heterocycles. The Morgan fingerprint density at radius 1 is 1.14 bits per heavy atom. The van der Waals surface area contributed by atoms with Crippen LogP contribution in [0.2, 0.25) is 0 Å². The number of fused-ring (bicyclic) bond motifs is 7. The summed E-state index contributed by atoms with van der Waals surface area (Å²) in [6.07, 6.45) is 11.8. The molecule has 3 fully saturated rings. The van der Waals surface area contributed by atoms with E-state index in [0.29, 0.717) is 24.3 Å². The summed E-state index contributed by atoms with van der Waals surface area (Å²) in [5, 5.41) is 0. The van der Waals surface area contributed by atoms with Crippen LogP contribution in [0.15, 0.2) is 29.8 Å². The van der Waals surface area contributed by atoms with Crippen LogP contribution in [-0.2, 0) is 17.6 Å². The summed E-state index contributed by atoms with van der Waals surface area (Å²) in [5.41, 5.74) is 3.99. The minimum absolute atomic E-state index is 0.318. The Morgan fingerprint density at radius 3 is 3.07 bits per heavy atom. The molecule has 1 aromatic rings. The number of benzene rings is 1. The lowest BCUT2D eigenvalue weighted by molar-refractivity contribution is -0.135. The minimum atomic E-state index is 0.318. The smallest absolute Gasteiger partial charge is 0.227 e. The van der Waals surface area contributed by atoms with E-state index < -0.39 is 0 Å². The summed E-state index contributed by atoms with van der Waals surface area (Å²) in [5.74, 6) is 2.68. The molecule has 2 bridgehead atoms. The highest BCUT2D eigenvalue weighted by Crippen LogP contribution is 2.45. The van der Waals surface area contributed by atoms with Gasteiger partial charge in [-0.05, 0) is 67.7 Å². The van der Waals surface area contributed by atoms with E-state index in [-0.39, 0.29) is 0 Å². The number of likely N-dealkylation sites (tertiary alicyclic amines) is 1. The lowest BCUT2D eigenvalue weighted by atomic mass is 9.68. The number of hydrogen-bond acceptors (Lipinski definition) is 3. The third-order valence-corrected chi connectivity index (χ3v) is 8.09. The van der Waals surface area contributed by atoms with Crippen molar-refractivity contribution in [2.45, 2.75) is 63.5 Å². The quantitative estimate of drug-likeness (QED) is 0.721. The molecule has 4 heteroatoms. The van der Waals surface area contributed by atoms with Crippen LogP contribution in [0.1, 0.15) is 49.7 Å². The molecule has 1 amide bonds. The zero-order chi connectivity index (χ0) is 19.4. The second-order valence-corrected chi connectivity index (χ2v) is 9.81. The van der Waals surface area contributed by atoms with E-state index >= 15 is 0 Å². The highest BCUT2D eigenvalue weighted by Gasteiger charge is 2.46. The maximum atomic E-state index is 13.4. The Labute approximate surface area is 173 Å². The van der Waals surface area contributed by atoms with E-state index in [1.165, 1.54) is 50.8 Å². The minimum Gasteiger partial charge on any atom is -0.493 e. The maximum absolute atomic E-state index is 13.4. The molecule has 5 aliphatic rings. The van der Waals surface area contributed by atoms with Gasteiger partial charge >= 0.3 is 0 Å². The average Bonchev–Trinajstić information content (AvgIpc) is 3.21. The fourth-order valence-electron chi connectivity index (χ4n) is 6.88. The first-order valence-electron chi connectivity index (χ1n) is 11.7. The fraction of sp³-hybridized carbons (Fsp3) is 0.640. The zero-order valence-corrected chi connectivity index (χ0v) is 17.3. The number of piperidine rings is 3. The molecule has 0 saturated carbocycles. The van der Waals surface area contributed by atoms with Gasteiger partial charge in [-0.2, -0.15) is 0 Å². The van der Waals surface area contributed by atoms with Gasteiger partial charge in [0.05, 0.1) is 19.1 Å². The van der Waals surface area contributed by atoms with Gasteiger partial charge in [-0.1, -0.05) is 30.2 Å². The second kappa shape index (κ2) is 7.16. The standard InChI is InChI=1S/C25H32N2O2/c28-24(13-17-6-7-23-18(12-17)8-11-29-23)27-10-3-4-19-14-20-15-21(25(19)27)16-26-9-2-1-5-22(20)26/h6-7,12,14,20-22,25H,1-5,8-11,13,15-16H2/t20-,21-,22?,25?/m0/s1. The van der Waals surface area contributed by atoms with Crippen LogP contribution in [0, 0.1) is 11.8 Å². The predicted molar refractivity (Wildman–Crippen MR) is 113 cm³/mol. The number of carbonyl (C=O) groups excluding carboxylic acids is 1. The van der Waals surface area contributed by atoms with Crippen molar-refractivity contribution in [2.75, 3.05) is 26.2 Å². The molecular weight excluding hydrogens is 360 g/mol. The molecule has 1 aromatic carbocycles. The molecule has 0 radical (unpaired) electrons. The van der Waals surface area contributed by atoms with Crippen LogP contribution in [0.4, 0.5) is 0 Å². The van der Waals surface area contributed by atoms with Crippen molar-refractivity contribution in [3.05, 3.63) is 41.0 Å². The largest absolute Gasteiger partial charge is 0.493 e. The lowest BCUT2D eigenvalue weighted by Gasteiger charge is -2.54. The first-order valence-corrected chi connectivity index (χ1v) is 11.7. The summed E-state index contributed by atoms with van der Waals surface area (Å²) in [6.45, 7) is 4.16. The molecule has 6 rings (SSSR count). The highest BCUT2D eigenvalue weighted by atomic mass is 16.5. The van der Waals surface area contributed by atoms with Crippen LogP contribution in [0.3, 0.4) is 0 Å². The van der Waals surface area contributed by atoms with Crippen molar-refractivity contribution < 1.29 is 9.53 Å². The van der Waals surface area contributed by atoms with Gasteiger partial charge in [-0.15, -0.1) is 0 Å². The fourth-order valence-corrected chi connectivity index (χ4v) is 6.88. The van der Waals surface area contributed by atoms with Crippen molar-refractivity contribution in [2.24, 2.45) is 11.8 Å². The summed E-state index contributed by atoms with van der Waals surface area (Å²) in [6, 6.07) is 7.45. The van der Waals surface area contributed by atoms with Crippen molar-refractivity contribution in [3.63, 3.8) is 0 Å². The van der Waals surface area contributed by atoms with Gasteiger partial charge in [0, 0.05) is 25.6 Å². The molecule has 154 valence electrons. The van der Waals surface area contributed by atoms with E-state index in [1.54, 1.807) is 5.57 Å². The number of ether oxygens (including phenoxy) is 1. The van der Waals surface area contributed by atoms with Gasteiger partial charge < -0.3 is 9.64 Å². The Balaban J connectivity index is 1.24. The van der Waals surface area contributed by atoms with Gasteiger partial charge in [0.1, 0.15) is 5.75 Å². The number of carbonyl (C=O) groups is 1. The molecule has 0 spiro atoms. The molecule has 4 nitrogen and oxygen atoms in total. The van der Waals surface area contributed by atoms with Crippen LogP contribution in [-0.4, -0.2) is 54.0 Å². The van der Waals surface area contributed by atoms with Gasteiger partial charge in [0.15, 0.2) is 0 Å². The van der Waals surface area contributed by atoms with Crippen LogP contribution in [0.5, 0.6) is 5.75 Å². The molecule has 0 aromatic heterocycles. The number of rotatable bonds is 2. The van der Waals surface area contributed by atoms with Gasteiger partial charge in [-0.3, -0.25) is 9.69 Å². The average molecular weight is 393 g/mol. The normalized spacial score (nSPS) is 33.2. The maximum Gasteiger partial charge on any atom is 0.227 e. The zero-order valence-electron chi connectivity index (χ0n) is 17.3. The SMILES string of the molecule is O=C(Cc1ccc2c(c1)CCO2)N1CCCC2=C[C@H]3C[C@@H](CN4CCCCC34)C21. The third kappa shape index (κ3) is 3.11. The first-order chi connectivity index (χ1) is 14.3. The van der Waals surface area contributed by atoms with Crippen LogP contribution < -0.4 is 4.74 Å². The summed E-state index contributed by atoms with van der Waals surface area (Å²) >= 11 is 0. The molecule has 29 heavy (non-hydrogen) atoms. The second-order valence-electron chi connectivity index (χ2n) is 9.81. The number of hydrogen-bond donors (Lipinski definition) is 0. The van der Waals surface area contributed by atoms with Crippen LogP contribution in [0.25, 0.3) is 0 Å². The molecular formula is C25H32N2O2. The summed E-state index contributed by atoms with van der Waals surface area (Å²) in [7, 11) is 0. The Kier molecular flexibility index (Phi) is 4.44. The van der Waals surface area contributed by atoms with E-state index in [2.05, 4.69) is 34.1 Å². The number of amides is 1.